The van der Waals surface area contributed by atoms with E-state index in [1.165, 1.54) is 31.7 Å². The molecule has 0 radical (unpaired) electrons. The second-order valence-corrected chi connectivity index (χ2v) is 9.84. The monoisotopic (exact) mass is 518 g/mol. The molecule has 2 aromatic carbocycles. The van der Waals surface area contributed by atoms with Crippen LogP contribution in [0.1, 0.15) is 11.5 Å². The van der Waals surface area contributed by atoms with E-state index in [1.54, 1.807) is 48.5 Å². The first kappa shape index (κ1) is 24.0. The van der Waals surface area contributed by atoms with Gasteiger partial charge in [-0.05, 0) is 49.7 Å². The molecule has 11 nitrogen and oxygen atoms in total. The summed E-state index contributed by atoms with van der Waals surface area (Å²) in [5.74, 6) is 0.295. The quantitative estimate of drug-likeness (QED) is 0.344. The van der Waals surface area contributed by atoms with Gasteiger partial charge in [-0.2, -0.15) is 0 Å². The Morgan fingerprint density at radius 1 is 1.05 bits per heavy atom. The van der Waals surface area contributed by atoms with Crippen LogP contribution in [0.25, 0.3) is 27.7 Å². The Balaban J connectivity index is 1.61. The minimum Gasteiger partial charge on any atom is -0.480 e. The fourth-order valence-corrected chi connectivity index (χ4v) is 5.49. The van der Waals surface area contributed by atoms with Crippen molar-refractivity contribution >= 4 is 32.6 Å². The number of aryl methyl sites for hydroxylation is 2. The molecule has 3 aromatic heterocycles. The molecule has 3 heterocycles. The number of rotatable bonds is 6. The first-order valence-electron chi connectivity index (χ1n) is 11.1. The van der Waals surface area contributed by atoms with Gasteiger partial charge in [-0.3, -0.25) is 9.52 Å². The van der Waals surface area contributed by atoms with Gasteiger partial charge in [0.05, 0.1) is 23.7 Å². The van der Waals surface area contributed by atoms with Crippen molar-refractivity contribution in [3.63, 3.8) is 0 Å². The van der Waals surface area contributed by atoms with Crippen molar-refractivity contribution in [1.82, 2.24) is 19.7 Å². The number of anilines is 2. The molecule has 5 rings (SSSR count). The molecule has 0 saturated heterocycles. The Kier molecular flexibility index (Phi) is 5.88. The van der Waals surface area contributed by atoms with Crippen molar-refractivity contribution in [2.45, 2.75) is 18.7 Å². The van der Waals surface area contributed by atoms with Crippen molar-refractivity contribution in [3.8, 4) is 22.7 Å². The van der Waals surface area contributed by atoms with Gasteiger partial charge in [0.15, 0.2) is 10.7 Å². The lowest BCUT2D eigenvalue weighted by Gasteiger charge is -2.13. The zero-order valence-corrected chi connectivity index (χ0v) is 20.9. The smallest absolute Gasteiger partial charge is 0.267 e. The molecule has 0 unspecified atom stereocenters. The van der Waals surface area contributed by atoms with Crippen LogP contribution in [0.4, 0.5) is 11.6 Å². The van der Waals surface area contributed by atoms with Gasteiger partial charge in [0, 0.05) is 11.8 Å². The van der Waals surface area contributed by atoms with Crippen LogP contribution >= 0.6 is 0 Å². The van der Waals surface area contributed by atoms with Crippen molar-refractivity contribution < 1.29 is 17.7 Å². The predicted octanol–water partition coefficient (Wildman–Crippen LogP) is 3.44. The lowest BCUT2D eigenvalue weighted by atomic mass is 10.0. The third kappa shape index (κ3) is 4.27. The van der Waals surface area contributed by atoms with Gasteiger partial charge in [0.2, 0.25) is 11.8 Å². The number of hydrogen-bond acceptors (Lipinski definition) is 9. The molecule has 0 bridgehead atoms. The summed E-state index contributed by atoms with van der Waals surface area (Å²) in [4.78, 5) is 22.0. The molecular formula is C25H22N6O5S. The van der Waals surface area contributed by atoms with Gasteiger partial charge < -0.3 is 15.0 Å². The average molecular weight is 519 g/mol. The molecular weight excluding hydrogens is 496 g/mol. The van der Waals surface area contributed by atoms with Crippen LogP contribution in [-0.2, 0) is 10.0 Å². The summed E-state index contributed by atoms with van der Waals surface area (Å²) in [5, 5.41) is 4.05. The van der Waals surface area contributed by atoms with E-state index in [9.17, 15) is 13.2 Å². The molecule has 37 heavy (non-hydrogen) atoms. The number of nitrogen functional groups attached to an aromatic ring is 1. The lowest BCUT2D eigenvalue weighted by Crippen LogP contribution is -2.23. The number of methoxy groups -OCH3 is 1. The fraction of sp³-hybridized carbons (Fsp3) is 0.120. The van der Waals surface area contributed by atoms with E-state index >= 15 is 0 Å². The molecule has 0 aliphatic carbocycles. The summed E-state index contributed by atoms with van der Waals surface area (Å²) in [6, 6.07) is 15.6. The minimum absolute atomic E-state index is 0.0595. The standard InChI is InChI=1S/C25H22N6O5S/c1-14-22(15(2)36-29-14)37(33,34)30-21-12-17(13-27-23(21)35-3)16-9-10-20-19(11-16)24(32)31(25(26)28-20)18-7-5-4-6-8-18/h4-13,30H,1-3H3,(H2,26,28). The maximum Gasteiger partial charge on any atom is 0.267 e. The Bertz CT molecular complexity index is 1790. The van der Waals surface area contributed by atoms with Gasteiger partial charge in [0.1, 0.15) is 11.4 Å². The SMILES string of the molecule is COc1ncc(-c2ccc3nc(N)n(-c4ccccc4)c(=O)c3c2)cc1NS(=O)(=O)c1c(C)noc1C. The summed E-state index contributed by atoms with van der Waals surface area (Å²) in [6.45, 7) is 3.05. The van der Waals surface area contributed by atoms with Crippen LogP contribution < -0.4 is 20.8 Å². The third-order valence-electron chi connectivity index (χ3n) is 5.77. The lowest BCUT2D eigenvalue weighted by molar-refractivity contribution is 0.390. The Hall–Kier alpha value is -4.71. The number of pyridine rings is 1. The fourth-order valence-electron chi connectivity index (χ4n) is 4.11. The largest absolute Gasteiger partial charge is 0.480 e. The molecule has 12 heteroatoms. The second kappa shape index (κ2) is 9.06. The van der Waals surface area contributed by atoms with Gasteiger partial charge in [-0.1, -0.05) is 29.4 Å². The highest BCUT2D eigenvalue weighted by atomic mass is 32.2. The van der Waals surface area contributed by atoms with Crippen LogP contribution in [0.3, 0.4) is 0 Å². The van der Waals surface area contributed by atoms with E-state index in [-0.39, 0.29) is 39.4 Å². The number of ether oxygens (including phenoxy) is 1. The highest BCUT2D eigenvalue weighted by molar-refractivity contribution is 7.92. The van der Waals surface area contributed by atoms with Crippen LogP contribution in [0.15, 0.2) is 75.0 Å². The van der Waals surface area contributed by atoms with E-state index in [0.717, 1.165) is 0 Å². The van der Waals surface area contributed by atoms with Gasteiger partial charge in [-0.25, -0.2) is 23.0 Å². The molecule has 0 atom stereocenters. The van der Waals surface area contributed by atoms with Crippen LogP contribution in [0.2, 0.25) is 0 Å². The minimum atomic E-state index is -4.05. The number of nitrogens with one attached hydrogen (secondary N) is 1. The zero-order chi connectivity index (χ0) is 26.3. The molecule has 188 valence electrons. The first-order chi connectivity index (χ1) is 17.7. The van der Waals surface area contributed by atoms with Gasteiger partial charge >= 0.3 is 0 Å². The number of nitrogens with two attached hydrogens (primary N) is 1. The maximum atomic E-state index is 13.4. The number of fused-ring (bicyclic) bond motifs is 1. The number of para-hydroxylation sites is 1. The molecule has 0 spiro atoms. The topological polar surface area (TPSA) is 155 Å². The number of hydrogen-bond donors (Lipinski definition) is 2. The summed E-state index contributed by atoms with van der Waals surface area (Å²) in [6.07, 6.45) is 1.52. The third-order valence-corrected chi connectivity index (χ3v) is 7.38. The number of nitrogens with zero attached hydrogens (tertiary/aromatic N) is 4. The molecule has 0 amide bonds. The van der Waals surface area contributed by atoms with Gasteiger partial charge in [0.25, 0.3) is 15.6 Å². The summed E-state index contributed by atoms with van der Waals surface area (Å²) >= 11 is 0. The van der Waals surface area contributed by atoms with E-state index in [1.807, 2.05) is 6.07 Å². The number of benzene rings is 2. The number of sulfonamides is 1. The molecule has 0 fully saturated rings. The van der Waals surface area contributed by atoms with E-state index in [4.69, 9.17) is 15.0 Å². The summed E-state index contributed by atoms with van der Waals surface area (Å²) in [5.41, 5.74) is 8.27. The molecule has 3 N–H and O–H groups in total. The zero-order valence-electron chi connectivity index (χ0n) is 20.1. The first-order valence-corrected chi connectivity index (χ1v) is 12.6. The highest BCUT2D eigenvalue weighted by Gasteiger charge is 2.26. The second-order valence-electron chi connectivity index (χ2n) is 8.22. The molecule has 0 aliphatic rings. The normalized spacial score (nSPS) is 11.5. The average Bonchev–Trinajstić information content (AvgIpc) is 3.23. The van der Waals surface area contributed by atoms with E-state index in [2.05, 4.69) is 19.8 Å². The van der Waals surface area contributed by atoms with Crippen LogP contribution in [0.5, 0.6) is 5.88 Å². The molecule has 0 aliphatic heterocycles. The van der Waals surface area contributed by atoms with Crippen molar-refractivity contribution in [3.05, 3.63) is 82.6 Å². The highest BCUT2D eigenvalue weighted by Crippen LogP contribution is 2.32. The molecule has 0 saturated carbocycles. The van der Waals surface area contributed by atoms with Crippen LogP contribution in [0, 0.1) is 13.8 Å². The Morgan fingerprint density at radius 2 is 1.81 bits per heavy atom. The van der Waals surface area contributed by atoms with Crippen molar-refractivity contribution in [1.29, 1.82) is 0 Å². The van der Waals surface area contributed by atoms with Crippen LogP contribution in [-0.4, -0.2) is 35.2 Å². The Morgan fingerprint density at radius 3 is 2.49 bits per heavy atom. The summed E-state index contributed by atoms with van der Waals surface area (Å²) in [7, 11) is -2.67. The Labute approximate surface area is 211 Å². The van der Waals surface area contributed by atoms with Crippen molar-refractivity contribution in [2.75, 3.05) is 17.6 Å². The number of aromatic nitrogens is 4. The summed E-state index contributed by atoms with van der Waals surface area (Å²) < 4.78 is 40.3. The molecule has 5 aromatic rings. The predicted molar refractivity (Wildman–Crippen MR) is 138 cm³/mol. The maximum absolute atomic E-state index is 13.4. The van der Waals surface area contributed by atoms with Gasteiger partial charge in [-0.15, -0.1) is 0 Å². The van der Waals surface area contributed by atoms with E-state index in [0.29, 0.717) is 27.7 Å². The van der Waals surface area contributed by atoms with E-state index < -0.39 is 10.0 Å². The van der Waals surface area contributed by atoms with Crippen molar-refractivity contribution in [2.24, 2.45) is 0 Å².